The van der Waals surface area contributed by atoms with Crippen LogP contribution in [0.2, 0.25) is 0 Å². The summed E-state index contributed by atoms with van der Waals surface area (Å²) in [5.74, 6) is 0.956. The molecule has 0 amide bonds. The summed E-state index contributed by atoms with van der Waals surface area (Å²) in [7, 11) is 1.72. The van der Waals surface area contributed by atoms with Gasteiger partial charge in [0.25, 0.3) is 0 Å². The molecule has 0 radical (unpaired) electrons. The third kappa shape index (κ3) is 2.53. The molecule has 1 aliphatic carbocycles. The normalized spacial score (nSPS) is 18.8. The molecule has 0 saturated heterocycles. The van der Waals surface area contributed by atoms with Crippen LogP contribution in [0.4, 0.5) is 5.69 Å². The Kier molecular flexibility index (Phi) is 3.86. The number of nitrogens with two attached hydrogens (primary N) is 1. The van der Waals surface area contributed by atoms with Gasteiger partial charge in [-0.05, 0) is 37.0 Å². The molecule has 1 unspecified atom stereocenters. The van der Waals surface area contributed by atoms with Crippen molar-refractivity contribution in [3.05, 3.63) is 23.3 Å². The van der Waals surface area contributed by atoms with E-state index >= 15 is 0 Å². The van der Waals surface area contributed by atoms with Gasteiger partial charge in [0.1, 0.15) is 5.75 Å². The topological polar surface area (TPSA) is 59.3 Å². The van der Waals surface area contributed by atoms with Crippen LogP contribution in [-0.4, -0.2) is 19.7 Å². The Morgan fingerprint density at radius 3 is 2.94 bits per heavy atom. The van der Waals surface area contributed by atoms with Gasteiger partial charge in [-0.1, -0.05) is 6.92 Å². The van der Waals surface area contributed by atoms with Crippen LogP contribution in [0.25, 0.3) is 0 Å². The Labute approximate surface area is 103 Å². The van der Waals surface area contributed by atoms with Gasteiger partial charge in [-0.2, -0.15) is 0 Å². The van der Waals surface area contributed by atoms with Gasteiger partial charge in [0.2, 0.25) is 0 Å². The summed E-state index contributed by atoms with van der Waals surface area (Å²) < 4.78 is 5.42. The van der Waals surface area contributed by atoms with Crippen molar-refractivity contribution < 1.29 is 4.74 Å². The van der Waals surface area contributed by atoms with Gasteiger partial charge in [0.15, 0.2) is 0 Å². The molecule has 0 bridgehead atoms. The van der Waals surface area contributed by atoms with E-state index in [2.05, 4.69) is 17.8 Å². The highest BCUT2D eigenvalue weighted by Gasteiger charge is 2.22. The molecule has 1 aromatic carbocycles. The highest BCUT2D eigenvalue weighted by molar-refractivity contribution is 5.57. The zero-order chi connectivity index (χ0) is 12.3. The van der Waals surface area contributed by atoms with Gasteiger partial charge in [-0.3, -0.25) is 10.9 Å². The maximum absolute atomic E-state index is 6.02. The van der Waals surface area contributed by atoms with E-state index in [4.69, 9.17) is 10.5 Å². The molecule has 4 heteroatoms. The third-order valence-electron chi connectivity index (χ3n) is 3.32. The lowest BCUT2D eigenvalue weighted by Crippen LogP contribution is -2.43. The van der Waals surface area contributed by atoms with Crippen molar-refractivity contribution in [3.63, 3.8) is 0 Å². The summed E-state index contributed by atoms with van der Waals surface area (Å²) in [6, 6.07) is 4.36. The number of rotatable bonds is 4. The molecule has 0 spiro atoms. The Hall–Kier alpha value is -1.26. The summed E-state index contributed by atoms with van der Waals surface area (Å²) in [6.45, 7) is 3.01. The first kappa shape index (κ1) is 12.2. The molecule has 0 aliphatic heterocycles. The van der Waals surface area contributed by atoms with E-state index in [9.17, 15) is 0 Å². The van der Waals surface area contributed by atoms with Gasteiger partial charge in [0.05, 0.1) is 7.11 Å². The van der Waals surface area contributed by atoms with Crippen molar-refractivity contribution in [1.29, 1.82) is 0 Å². The maximum Gasteiger partial charge on any atom is 0.122 e. The van der Waals surface area contributed by atoms with E-state index in [1.807, 2.05) is 12.1 Å². The largest absolute Gasteiger partial charge is 0.496 e. The van der Waals surface area contributed by atoms with Gasteiger partial charge in [0, 0.05) is 23.8 Å². The summed E-state index contributed by atoms with van der Waals surface area (Å²) in [5.41, 5.74) is 15.9. The lowest BCUT2D eigenvalue weighted by molar-refractivity contribution is 0.376. The Balaban J connectivity index is 2.20. The Morgan fingerprint density at radius 2 is 2.24 bits per heavy atom. The maximum atomic E-state index is 6.02. The Morgan fingerprint density at radius 1 is 1.41 bits per heavy atom. The van der Waals surface area contributed by atoms with Crippen molar-refractivity contribution in [2.24, 2.45) is 0 Å². The van der Waals surface area contributed by atoms with Crippen LogP contribution in [0, 0.1) is 0 Å². The minimum atomic E-state index is 0.457. The number of ether oxygens (including phenoxy) is 1. The molecular formula is C13H21N3O. The summed E-state index contributed by atoms with van der Waals surface area (Å²) in [5, 5.41) is 0. The fourth-order valence-corrected chi connectivity index (χ4v) is 2.44. The first-order valence-corrected chi connectivity index (χ1v) is 6.18. The van der Waals surface area contributed by atoms with E-state index in [1.165, 1.54) is 11.1 Å². The van der Waals surface area contributed by atoms with Crippen LogP contribution >= 0.6 is 0 Å². The monoisotopic (exact) mass is 235 g/mol. The molecule has 1 aromatic rings. The minimum Gasteiger partial charge on any atom is -0.496 e. The van der Waals surface area contributed by atoms with E-state index < -0.39 is 0 Å². The lowest BCUT2D eigenvalue weighted by Gasteiger charge is -2.28. The lowest BCUT2D eigenvalue weighted by atomic mass is 9.87. The second-order valence-electron chi connectivity index (χ2n) is 4.43. The molecule has 1 atom stereocenters. The number of benzene rings is 1. The van der Waals surface area contributed by atoms with E-state index in [0.29, 0.717) is 6.04 Å². The molecule has 2 rings (SSSR count). The number of nitrogens with one attached hydrogen (secondary N) is 2. The molecule has 1 aliphatic rings. The average molecular weight is 235 g/mol. The second kappa shape index (κ2) is 5.38. The van der Waals surface area contributed by atoms with Crippen LogP contribution in [0.1, 0.15) is 24.5 Å². The number of methoxy groups -OCH3 is 1. The SMILES string of the molecule is CCNNC1CCc2c(N)ccc(OC)c2C1. The summed E-state index contributed by atoms with van der Waals surface area (Å²) in [6.07, 6.45) is 3.09. The van der Waals surface area contributed by atoms with Crippen LogP contribution in [0.15, 0.2) is 12.1 Å². The predicted octanol–water partition coefficient (Wildman–Crippen LogP) is 1.25. The number of hydrogen-bond donors (Lipinski definition) is 3. The first-order valence-electron chi connectivity index (χ1n) is 6.18. The van der Waals surface area contributed by atoms with Crippen LogP contribution in [0.5, 0.6) is 5.75 Å². The molecule has 17 heavy (non-hydrogen) atoms. The molecule has 0 fully saturated rings. The number of hydrogen-bond acceptors (Lipinski definition) is 4. The fourth-order valence-electron chi connectivity index (χ4n) is 2.44. The van der Waals surface area contributed by atoms with Crippen LogP contribution < -0.4 is 21.3 Å². The van der Waals surface area contributed by atoms with Crippen molar-refractivity contribution >= 4 is 5.69 Å². The standard InChI is InChI=1S/C13H21N3O/c1-3-15-16-9-4-5-10-11(8-9)13(17-2)7-6-12(10)14/h6-7,9,15-16H,3-5,8,14H2,1-2H3. The number of anilines is 1. The first-order chi connectivity index (χ1) is 8.26. The third-order valence-corrected chi connectivity index (χ3v) is 3.32. The highest BCUT2D eigenvalue weighted by atomic mass is 16.5. The van der Waals surface area contributed by atoms with E-state index in [1.54, 1.807) is 7.11 Å². The fraction of sp³-hybridized carbons (Fsp3) is 0.538. The number of nitrogen functional groups attached to an aromatic ring is 1. The molecule has 0 saturated carbocycles. The second-order valence-corrected chi connectivity index (χ2v) is 4.43. The van der Waals surface area contributed by atoms with Crippen molar-refractivity contribution in [1.82, 2.24) is 10.9 Å². The van der Waals surface area contributed by atoms with Crippen LogP contribution in [-0.2, 0) is 12.8 Å². The quantitative estimate of drug-likeness (QED) is 0.543. The van der Waals surface area contributed by atoms with Crippen LogP contribution in [0.3, 0.4) is 0 Å². The number of fused-ring (bicyclic) bond motifs is 1. The molecule has 4 N–H and O–H groups in total. The van der Waals surface area contributed by atoms with E-state index in [-0.39, 0.29) is 0 Å². The summed E-state index contributed by atoms with van der Waals surface area (Å²) >= 11 is 0. The smallest absolute Gasteiger partial charge is 0.122 e. The molecular weight excluding hydrogens is 214 g/mol. The zero-order valence-electron chi connectivity index (χ0n) is 10.5. The van der Waals surface area contributed by atoms with Crippen molar-refractivity contribution in [2.75, 3.05) is 19.4 Å². The van der Waals surface area contributed by atoms with E-state index in [0.717, 1.165) is 37.2 Å². The van der Waals surface area contributed by atoms with Crippen molar-refractivity contribution in [2.45, 2.75) is 32.2 Å². The van der Waals surface area contributed by atoms with Gasteiger partial charge >= 0.3 is 0 Å². The molecule has 0 heterocycles. The average Bonchev–Trinajstić information content (AvgIpc) is 2.37. The number of hydrazine groups is 1. The molecule has 4 nitrogen and oxygen atoms in total. The van der Waals surface area contributed by atoms with Gasteiger partial charge in [-0.25, -0.2) is 0 Å². The molecule has 0 aromatic heterocycles. The highest BCUT2D eigenvalue weighted by Crippen LogP contribution is 2.33. The zero-order valence-corrected chi connectivity index (χ0v) is 10.5. The summed E-state index contributed by atoms with van der Waals surface area (Å²) in [4.78, 5) is 0. The van der Waals surface area contributed by atoms with Gasteiger partial charge < -0.3 is 10.5 Å². The minimum absolute atomic E-state index is 0.457. The Bertz CT molecular complexity index is 392. The molecule has 94 valence electrons. The van der Waals surface area contributed by atoms with Crippen molar-refractivity contribution in [3.8, 4) is 5.75 Å². The predicted molar refractivity (Wildman–Crippen MR) is 70.0 cm³/mol. The van der Waals surface area contributed by atoms with Gasteiger partial charge in [-0.15, -0.1) is 0 Å².